The zero-order chi connectivity index (χ0) is 10.0. The number of halogens is 2. The first-order valence-corrected chi connectivity index (χ1v) is 4.85. The van der Waals surface area contributed by atoms with Crippen molar-refractivity contribution in [3.63, 3.8) is 0 Å². The van der Waals surface area contributed by atoms with Gasteiger partial charge in [-0.1, -0.05) is 18.2 Å². The van der Waals surface area contributed by atoms with Crippen LogP contribution in [-0.4, -0.2) is 12.0 Å². The molecule has 3 heteroatoms. The average Bonchev–Trinajstić information content (AvgIpc) is 2.47. The van der Waals surface area contributed by atoms with E-state index >= 15 is 0 Å². The Labute approximate surface area is 82.1 Å². The van der Waals surface area contributed by atoms with Crippen molar-refractivity contribution in [2.24, 2.45) is 0 Å². The van der Waals surface area contributed by atoms with Gasteiger partial charge in [0.05, 0.1) is 0 Å². The number of alkyl halides is 2. The Morgan fingerprint density at radius 2 is 1.93 bits per heavy atom. The number of nitrogens with one attached hydrogen (secondary N) is 1. The van der Waals surface area contributed by atoms with Crippen molar-refractivity contribution in [2.75, 3.05) is 5.32 Å². The van der Waals surface area contributed by atoms with Gasteiger partial charge in [-0.25, -0.2) is 8.78 Å². The summed E-state index contributed by atoms with van der Waals surface area (Å²) in [6.45, 7) is 0. The van der Waals surface area contributed by atoms with Gasteiger partial charge < -0.3 is 5.32 Å². The van der Waals surface area contributed by atoms with E-state index in [1.165, 1.54) is 0 Å². The minimum absolute atomic E-state index is 0.0114. The molecule has 1 aromatic rings. The molecule has 1 aromatic carbocycles. The van der Waals surface area contributed by atoms with Crippen LogP contribution in [0.5, 0.6) is 0 Å². The van der Waals surface area contributed by atoms with Crippen LogP contribution >= 0.6 is 0 Å². The summed E-state index contributed by atoms with van der Waals surface area (Å²) >= 11 is 0. The molecule has 1 aliphatic rings. The van der Waals surface area contributed by atoms with Crippen molar-refractivity contribution in [3.8, 4) is 0 Å². The standard InChI is InChI=1S/C11H13F2N/c12-11(13)7-6-10(8-11)14-9-4-2-1-3-5-9/h1-5,10,14H,6-8H2. The van der Waals surface area contributed by atoms with E-state index in [1.54, 1.807) is 0 Å². The second-order valence-electron chi connectivity index (χ2n) is 3.81. The third kappa shape index (κ3) is 2.22. The molecule has 0 spiro atoms. The zero-order valence-electron chi connectivity index (χ0n) is 7.84. The molecular weight excluding hydrogens is 184 g/mol. The van der Waals surface area contributed by atoms with Gasteiger partial charge in [0.1, 0.15) is 0 Å². The molecule has 0 saturated heterocycles. The summed E-state index contributed by atoms with van der Waals surface area (Å²) in [5, 5.41) is 3.12. The second-order valence-corrected chi connectivity index (χ2v) is 3.81. The molecule has 2 rings (SSSR count). The van der Waals surface area contributed by atoms with Crippen LogP contribution in [-0.2, 0) is 0 Å². The molecule has 1 saturated carbocycles. The van der Waals surface area contributed by atoms with Gasteiger partial charge in [-0.2, -0.15) is 0 Å². The summed E-state index contributed by atoms with van der Waals surface area (Å²) < 4.78 is 25.7. The lowest BCUT2D eigenvalue weighted by Gasteiger charge is -2.13. The number of rotatable bonds is 2. The molecular formula is C11H13F2N. The van der Waals surface area contributed by atoms with E-state index in [-0.39, 0.29) is 18.9 Å². The van der Waals surface area contributed by atoms with Crippen molar-refractivity contribution in [1.29, 1.82) is 0 Å². The molecule has 1 atom stereocenters. The molecule has 0 heterocycles. The second kappa shape index (κ2) is 3.56. The molecule has 1 unspecified atom stereocenters. The fraction of sp³-hybridized carbons (Fsp3) is 0.455. The molecule has 0 aliphatic heterocycles. The topological polar surface area (TPSA) is 12.0 Å². The number of para-hydroxylation sites is 1. The highest BCUT2D eigenvalue weighted by Gasteiger charge is 2.39. The quantitative estimate of drug-likeness (QED) is 0.767. The van der Waals surface area contributed by atoms with Gasteiger partial charge in [0.2, 0.25) is 5.92 Å². The molecule has 1 nitrogen and oxygen atoms in total. The van der Waals surface area contributed by atoms with Gasteiger partial charge in [0, 0.05) is 24.6 Å². The van der Waals surface area contributed by atoms with E-state index < -0.39 is 5.92 Å². The fourth-order valence-electron chi connectivity index (χ4n) is 1.84. The lowest BCUT2D eigenvalue weighted by molar-refractivity contribution is 0.00853. The lowest BCUT2D eigenvalue weighted by Crippen LogP contribution is -2.18. The number of benzene rings is 1. The van der Waals surface area contributed by atoms with Crippen LogP contribution in [0.3, 0.4) is 0 Å². The van der Waals surface area contributed by atoms with Crippen molar-refractivity contribution >= 4 is 5.69 Å². The molecule has 0 bridgehead atoms. The summed E-state index contributed by atoms with van der Waals surface area (Å²) in [7, 11) is 0. The minimum atomic E-state index is -2.47. The summed E-state index contributed by atoms with van der Waals surface area (Å²) in [6, 6.07) is 9.43. The summed E-state index contributed by atoms with van der Waals surface area (Å²) in [4.78, 5) is 0. The van der Waals surface area contributed by atoms with Crippen LogP contribution in [0.25, 0.3) is 0 Å². The van der Waals surface area contributed by atoms with Gasteiger partial charge in [-0.15, -0.1) is 0 Å². The Bertz CT molecular complexity index is 297. The van der Waals surface area contributed by atoms with E-state index in [4.69, 9.17) is 0 Å². The summed E-state index contributed by atoms with van der Waals surface area (Å²) in [5.74, 6) is -2.47. The van der Waals surface area contributed by atoms with E-state index in [0.29, 0.717) is 6.42 Å². The van der Waals surface area contributed by atoms with Crippen LogP contribution < -0.4 is 5.32 Å². The summed E-state index contributed by atoms with van der Waals surface area (Å²) in [6.07, 6.45) is 0.529. The predicted octanol–water partition coefficient (Wildman–Crippen LogP) is 3.29. The van der Waals surface area contributed by atoms with Crippen molar-refractivity contribution in [2.45, 2.75) is 31.2 Å². The Balaban J connectivity index is 1.94. The van der Waals surface area contributed by atoms with E-state index in [1.807, 2.05) is 30.3 Å². The van der Waals surface area contributed by atoms with Gasteiger partial charge in [0.25, 0.3) is 0 Å². The van der Waals surface area contributed by atoms with Crippen LogP contribution in [0.15, 0.2) is 30.3 Å². The Morgan fingerprint density at radius 1 is 1.21 bits per heavy atom. The molecule has 0 aromatic heterocycles. The maximum atomic E-state index is 12.9. The Kier molecular flexibility index (Phi) is 2.40. The molecule has 1 fully saturated rings. The highest BCUT2D eigenvalue weighted by molar-refractivity contribution is 5.43. The molecule has 0 amide bonds. The van der Waals surface area contributed by atoms with Gasteiger partial charge in [-0.3, -0.25) is 0 Å². The van der Waals surface area contributed by atoms with Crippen LogP contribution in [0.4, 0.5) is 14.5 Å². The van der Waals surface area contributed by atoms with Crippen molar-refractivity contribution < 1.29 is 8.78 Å². The first-order valence-electron chi connectivity index (χ1n) is 4.85. The Hall–Kier alpha value is -1.12. The third-order valence-corrected chi connectivity index (χ3v) is 2.55. The predicted molar refractivity (Wildman–Crippen MR) is 52.7 cm³/mol. The molecule has 14 heavy (non-hydrogen) atoms. The fourth-order valence-corrected chi connectivity index (χ4v) is 1.84. The maximum Gasteiger partial charge on any atom is 0.250 e. The van der Waals surface area contributed by atoms with Gasteiger partial charge >= 0.3 is 0 Å². The number of hydrogen-bond acceptors (Lipinski definition) is 1. The third-order valence-electron chi connectivity index (χ3n) is 2.55. The van der Waals surface area contributed by atoms with Gasteiger partial charge in [-0.05, 0) is 18.6 Å². The van der Waals surface area contributed by atoms with Crippen LogP contribution in [0.1, 0.15) is 19.3 Å². The number of hydrogen-bond donors (Lipinski definition) is 1. The molecule has 76 valence electrons. The molecule has 0 radical (unpaired) electrons. The lowest BCUT2D eigenvalue weighted by atomic mass is 10.2. The normalized spacial score (nSPS) is 24.9. The highest BCUT2D eigenvalue weighted by atomic mass is 19.3. The van der Waals surface area contributed by atoms with E-state index in [9.17, 15) is 8.78 Å². The zero-order valence-corrected chi connectivity index (χ0v) is 7.84. The minimum Gasteiger partial charge on any atom is -0.382 e. The smallest absolute Gasteiger partial charge is 0.250 e. The maximum absolute atomic E-state index is 12.9. The van der Waals surface area contributed by atoms with Crippen LogP contribution in [0, 0.1) is 0 Å². The monoisotopic (exact) mass is 197 g/mol. The first-order chi connectivity index (χ1) is 6.66. The highest BCUT2D eigenvalue weighted by Crippen LogP contribution is 2.36. The SMILES string of the molecule is FC1(F)CCC(Nc2ccccc2)C1. The van der Waals surface area contributed by atoms with Crippen molar-refractivity contribution in [1.82, 2.24) is 0 Å². The average molecular weight is 197 g/mol. The Morgan fingerprint density at radius 3 is 2.50 bits per heavy atom. The largest absolute Gasteiger partial charge is 0.382 e. The molecule has 1 aliphatic carbocycles. The van der Waals surface area contributed by atoms with E-state index in [0.717, 1.165) is 5.69 Å². The van der Waals surface area contributed by atoms with E-state index in [2.05, 4.69) is 5.32 Å². The first kappa shape index (κ1) is 9.44. The number of anilines is 1. The van der Waals surface area contributed by atoms with Crippen LogP contribution in [0.2, 0.25) is 0 Å². The van der Waals surface area contributed by atoms with Gasteiger partial charge in [0.15, 0.2) is 0 Å². The van der Waals surface area contributed by atoms with Crippen molar-refractivity contribution in [3.05, 3.63) is 30.3 Å². The molecule has 1 N–H and O–H groups in total. The summed E-state index contributed by atoms with van der Waals surface area (Å²) in [5.41, 5.74) is 0.926.